The molecule has 31 heavy (non-hydrogen) atoms. The number of amides is 1. The zero-order valence-corrected chi connectivity index (χ0v) is 19.7. The van der Waals surface area contributed by atoms with Crippen LogP contribution in [0, 0.1) is 6.92 Å². The van der Waals surface area contributed by atoms with Crippen LogP contribution >= 0.6 is 24.0 Å². The van der Waals surface area contributed by atoms with Crippen LogP contribution in [-0.2, 0) is 4.79 Å². The van der Waals surface area contributed by atoms with Crippen molar-refractivity contribution in [2.24, 2.45) is 0 Å². The zero-order chi connectivity index (χ0) is 22.4. The number of rotatable bonds is 9. The number of hydrogen-bond acceptors (Lipinski definition) is 5. The van der Waals surface area contributed by atoms with Crippen molar-refractivity contribution in [3.05, 3.63) is 76.7 Å². The minimum atomic E-state index is -0.0794. The number of aryl methyl sites for hydroxylation is 1. The fourth-order valence-electron chi connectivity index (χ4n) is 3.15. The van der Waals surface area contributed by atoms with Gasteiger partial charge >= 0.3 is 0 Å². The lowest BCUT2D eigenvalue weighted by atomic mass is 10.0. The SMILES string of the molecule is C=CCN1C(=O)/C(=C/c2ccc(OCCOc3cc(C)ccc3C(C)C)cc2)SC1=S. The third-order valence-corrected chi connectivity index (χ3v) is 6.14. The van der Waals surface area contributed by atoms with E-state index in [0.29, 0.717) is 34.9 Å². The summed E-state index contributed by atoms with van der Waals surface area (Å²) in [4.78, 5) is 14.6. The van der Waals surface area contributed by atoms with Gasteiger partial charge in [-0.05, 0) is 53.8 Å². The molecule has 6 heteroatoms. The highest BCUT2D eigenvalue weighted by molar-refractivity contribution is 8.26. The number of thioether (sulfide) groups is 1. The Morgan fingerprint density at radius 1 is 1.13 bits per heavy atom. The van der Waals surface area contributed by atoms with Crippen LogP contribution in [0.2, 0.25) is 0 Å². The van der Waals surface area contributed by atoms with Crippen molar-refractivity contribution in [2.75, 3.05) is 19.8 Å². The molecule has 0 aliphatic carbocycles. The predicted octanol–water partition coefficient (Wildman–Crippen LogP) is 5.96. The van der Waals surface area contributed by atoms with E-state index < -0.39 is 0 Å². The summed E-state index contributed by atoms with van der Waals surface area (Å²) in [6.07, 6.45) is 3.52. The van der Waals surface area contributed by atoms with E-state index in [4.69, 9.17) is 21.7 Å². The summed E-state index contributed by atoms with van der Waals surface area (Å²) in [5.41, 5.74) is 3.30. The minimum Gasteiger partial charge on any atom is -0.490 e. The first kappa shape index (κ1) is 23.1. The standard InChI is InChI=1S/C25H27NO3S2/c1-5-12-26-24(27)23(31-25(26)30)16-19-7-9-20(10-8-19)28-13-14-29-22-15-18(4)6-11-21(22)17(2)3/h5-11,15-17H,1,12-14H2,2-4H3/b23-16-. The lowest BCUT2D eigenvalue weighted by Gasteiger charge is -2.15. The molecule has 162 valence electrons. The van der Waals surface area contributed by atoms with E-state index >= 15 is 0 Å². The van der Waals surface area contributed by atoms with Gasteiger partial charge in [0.15, 0.2) is 0 Å². The monoisotopic (exact) mass is 453 g/mol. The molecule has 0 spiro atoms. The highest BCUT2D eigenvalue weighted by Gasteiger charge is 2.30. The van der Waals surface area contributed by atoms with Gasteiger partial charge in [0.25, 0.3) is 5.91 Å². The second-order valence-electron chi connectivity index (χ2n) is 7.54. The highest BCUT2D eigenvalue weighted by atomic mass is 32.2. The van der Waals surface area contributed by atoms with E-state index in [2.05, 4.69) is 45.5 Å². The number of thiocarbonyl (C=S) groups is 1. The van der Waals surface area contributed by atoms with Crippen molar-refractivity contribution in [2.45, 2.75) is 26.7 Å². The Kier molecular flexibility index (Phi) is 7.93. The summed E-state index contributed by atoms with van der Waals surface area (Å²) in [7, 11) is 0. The molecule has 1 fully saturated rings. The summed E-state index contributed by atoms with van der Waals surface area (Å²) in [5, 5.41) is 0. The van der Waals surface area contributed by atoms with E-state index in [1.54, 1.807) is 11.0 Å². The number of benzene rings is 2. The highest BCUT2D eigenvalue weighted by Crippen LogP contribution is 2.32. The number of carbonyl (C=O) groups is 1. The molecular formula is C25H27NO3S2. The fraction of sp³-hybridized carbons (Fsp3) is 0.280. The van der Waals surface area contributed by atoms with Gasteiger partial charge in [-0.15, -0.1) is 6.58 Å². The Bertz CT molecular complexity index is 996. The lowest BCUT2D eigenvalue weighted by molar-refractivity contribution is -0.121. The van der Waals surface area contributed by atoms with Crippen LogP contribution < -0.4 is 9.47 Å². The molecule has 3 rings (SSSR count). The Morgan fingerprint density at radius 2 is 1.84 bits per heavy atom. The van der Waals surface area contributed by atoms with Gasteiger partial charge in [-0.25, -0.2) is 0 Å². The van der Waals surface area contributed by atoms with E-state index in [-0.39, 0.29) is 5.91 Å². The first-order valence-corrected chi connectivity index (χ1v) is 11.4. The van der Waals surface area contributed by atoms with Crippen LogP contribution in [0.4, 0.5) is 0 Å². The lowest BCUT2D eigenvalue weighted by Crippen LogP contribution is -2.27. The van der Waals surface area contributed by atoms with E-state index in [9.17, 15) is 4.79 Å². The molecule has 0 bridgehead atoms. The van der Waals surface area contributed by atoms with E-state index in [1.165, 1.54) is 22.9 Å². The third kappa shape index (κ3) is 5.99. The number of carbonyl (C=O) groups excluding carboxylic acids is 1. The van der Waals surface area contributed by atoms with Crippen LogP contribution in [0.15, 0.2) is 60.0 Å². The molecule has 2 aromatic rings. The fourth-order valence-corrected chi connectivity index (χ4v) is 4.43. The quantitative estimate of drug-likeness (QED) is 0.203. The van der Waals surface area contributed by atoms with Crippen molar-refractivity contribution in [3.63, 3.8) is 0 Å². The van der Waals surface area contributed by atoms with Gasteiger partial charge in [-0.1, -0.05) is 68.2 Å². The van der Waals surface area contributed by atoms with Gasteiger partial charge in [0.1, 0.15) is 29.0 Å². The van der Waals surface area contributed by atoms with Gasteiger partial charge < -0.3 is 9.47 Å². The molecule has 1 saturated heterocycles. The maximum atomic E-state index is 12.4. The molecule has 0 unspecified atom stereocenters. The Morgan fingerprint density at radius 3 is 2.52 bits per heavy atom. The first-order chi connectivity index (χ1) is 14.9. The maximum absolute atomic E-state index is 12.4. The van der Waals surface area contributed by atoms with E-state index in [1.807, 2.05) is 30.3 Å². The number of hydrogen-bond donors (Lipinski definition) is 0. The maximum Gasteiger partial charge on any atom is 0.266 e. The first-order valence-electron chi connectivity index (χ1n) is 10.2. The molecule has 1 heterocycles. The molecule has 0 radical (unpaired) electrons. The molecule has 1 amide bonds. The molecule has 4 nitrogen and oxygen atoms in total. The summed E-state index contributed by atoms with van der Waals surface area (Å²) in [6.45, 7) is 11.4. The van der Waals surface area contributed by atoms with Gasteiger partial charge in [0.2, 0.25) is 0 Å². The second kappa shape index (κ2) is 10.6. The molecule has 1 aliphatic rings. The van der Waals surface area contributed by atoms with E-state index in [0.717, 1.165) is 17.1 Å². The molecule has 0 saturated carbocycles. The second-order valence-corrected chi connectivity index (χ2v) is 9.22. The van der Waals surface area contributed by atoms with Crippen LogP contribution in [0.5, 0.6) is 11.5 Å². The van der Waals surface area contributed by atoms with Gasteiger partial charge in [0, 0.05) is 6.54 Å². The Hall–Kier alpha value is -2.57. The molecule has 0 aromatic heterocycles. The average Bonchev–Trinajstić information content (AvgIpc) is 3.00. The van der Waals surface area contributed by atoms with Gasteiger partial charge in [-0.3, -0.25) is 9.69 Å². The number of nitrogens with zero attached hydrogens (tertiary/aromatic N) is 1. The minimum absolute atomic E-state index is 0.0794. The topological polar surface area (TPSA) is 38.8 Å². The normalized spacial score (nSPS) is 15.1. The third-order valence-electron chi connectivity index (χ3n) is 4.76. The van der Waals surface area contributed by atoms with Crippen molar-refractivity contribution in [3.8, 4) is 11.5 Å². The predicted molar refractivity (Wildman–Crippen MR) is 133 cm³/mol. The summed E-state index contributed by atoms with van der Waals surface area (Å²) in [5.74, 6) is 2.00. The van der Waals surface area contributed by atoms with Crippen LogP contribution in [-0.4, -0.2) is 34.9 Å². The average molecular weight is 454 g/mol. The van der Waals surface area contributed by atoms with Crippen molar-refractivity contribution < 1.29 is 14.3 Å². The Balaban J connectivity index is 1.54. The smallest absolute Gasteiger partial charge is 0.266 e. The summed E-state index contributed by atoms with van der Waals surface area (Å²) >= 11 is 6.58. The zero-order valence-electron chi connectivity index (χ0n) is 18.1. The van der Waals surface area contributed by atoms with Crippen molar-refractivity contribution in [1.29, 1.82) is 0 Å². The molecule has 0 atom stereocenters. The summed E-state index contributed by atoms with van der Waals surface area (Å²) in [6, 6.07) is 13.9. The molecule has 1 aliphatic heterocycles. The van der Waals surface area contributed by atoms with Crippen molar-refractivity contribution in [1.82, 2.24) is 4.90 Å². The van der Waals surface area contributed by atoms with Gasteiger partial charge in [0.05, 0.1) is 4.91 Å². The van der Waals surface area contributed by atoms with Crippen molar-refractivity contribution >= 4 is 40.3 Å². The molecule has 0 N–H and O–H groups in total. The van der Waals surface area contributed by atoms with Crippen LogP contribution in [0.3, 0.4) is 0 Å². The summed E-state index contributed by atoms with van der Waals surface area (Å²) < 4.78 is 12.3. The largest absolute Gasteiger partial charge is 0.490 e. The Labute approximate surface area is 193 Å². The molecular weight excluding hydrogens is 426 g/mol. The number of ether oxygens (including phenoxy) is 2. The van der Waals surface area contributed by atoms with Crippen LogP contribution in [0.1, 0.15) is 36.5 Å². The van der Waals surface area contributed by atoms with Gasteiger partial charge in [-0.2, -0.15) is 0 Å². The van der Waals surface area contributed by atoms with Crippen LogP contribution in [0.25, 0.3) is 6.08 Å². The molecule has 2 aromatic carbocycles.